The third kappa shape index (κ3) is 3.80. The predicted molar refractivity (Wildman–Crippen MR) is 87.2 cm³/mol. The number of aryl methyl sites for hydroxylation is 1. The molecule has 2 unspecified atom stereocenters. The zero-order chi connectivity index (χ0) is 14.8. The largest absolute Gasteiger partial charge is 0.313 e. The van der Waals surface area contributed by atoms with Crippen molar-refractivity contribution in [2.45, 2.75) is 53.1 Å². The minimum atomic E-state index is 0.429. The molecule has 1 aliphatic carbocycles. The first-order chi connectivity index (χ1) is 9.42. The topological polar surface area (TPSA) is 28.2 Å². The number of nitrogens with one attached hydrogen (secondary N) is 1. The van der Waals surface area contributed by atoms with E-state index in [0.717, 1.165) is 25.6 Å². The number of hydrogen-bond acceptors (Lipinski definition) is 4. The summed E-state index contributed by atoms with van der Waals surface area (Å²) in [5.74, 6) is 0.759. The van der Waals surface area contributed by atoms with E-state index in [0.29, 0.717) is 11.5 Å². The van der Waals surface area contributed by atoms with Gasteiger partial charge in [-0.3, -0.25) is 0 Å². The van der Waals surface area contributed by atoms with Crippen LogP contribution in [0.25, 0.3) is 0 Å². The molecular weight excluding hydrogens is 266 g/mol. The van der Waals surface area contributed by atoms with Crippen molar-refractivity contribution in [2.75, 3.05) is 20.1 Å². The first-order valence-corrected chi connectivity index (χ1v) is 8.63. The van der Waals surface area contributed by atoms with E-state index in [1.165, 1.54) is 23.5 Å². The fourth-order valence-electron chi connectivity index (χ4n) is 3.60. The van der Waals surface area contributed by atoms with E-state index >= 15 is 0 Å². The smallest absolute Gasteiger partial charge is 0.0897 e. The summed E-state index contributed by atoms with van der Waals surface area (Å²) in [7, 11) is 2.23. The summed E-state index contributed by atoms with van der Waals surface area (Å²) in [4.78, 5) is 7.01. The minimum Gasteiger partial charge on any atom is -0.313 e. The molecule has 0 saturated heterocycles. The molecule has 2 atom stereocenters. The fraction of sp³-hybridized carbons (Fsp3) is 0.812. The first-order valence-electron chi connectivity index (χ1n) is 7.75. The normalized spacial score (nSPS) is 25.5. The van der Waals surface area contributed by atoms with Gasteiger partial charge in [0.2, 0.25) is 0 Å². The second kappa shape index (κ2) is 6.54. The second-order valence-electron chi connectivity index (χ2n) is 6.88. The van der Waals surface area contributed by atoms with Crippen LogP contribution in [0.15, 0.2) is 5.38 Å². The van der Waals surface area contributed by atoms with E-state index in [-0.39, 0.29) is 0 Å². The Bertz CT molecular complexity index is 427. The average Bonchev–Trinajstić information content (AvgIpc) is 2.87. The van der Waals surface area contributed by atoms with Crippen LogP contribution >= 0.6 is 11.3 Å². The van der Waals surface area contributed by atoms with Gasteiger partial charge in [0, 0.05) is 24.5 Å². The maximum Gasteiger partial charge on any atom is 0.0897 e. The van der Waals surface area contributed by atoms with Crippen LogP contribution in [0.1, 0.15) is 44.3 Å². The van der Waals surface area contributed by atoms with Crippen LogP contribution in [-0.4, -0.2) is 36.1 Å². The lowest BCUT2D eigenvalue weighted by Crippen LogP contribution is -2.45. The Balaban J connectivity index is 1.91. The third-order valence-corrected chi connectivity index (χ3v) is 5.36. The molecule has 114 valence electrons. The van der Waals surface area contributed by atoms with Gasteiger partial charge in [-0.15, -0.1) is 11.3 Å². The summed E-state index contributed by atoms with van der Waals surface area (Å²) in [5.41, 5.74) is 1.64. The molecular formula is C16H29N3S. The van der Waals surface area contributed by atoms with E-state index in [1.54, 1.807) is 11.3 Å². The Morgan fingerprint density at radius 2 is 2.25 bits per heavy atom. The Morgan fingerprint density at radius 3 is 2.85 bits per heavy atom. The molecule has 1 heterocycles. The molecule has 0 spiro atoms. The van der Waals surface area contributed by atoms with Crippen LogP contribution in [0.2, 0.25) is 0 Å². The standard InChI is InChI=1S/C16H29N3S/c1-6-17-15-13(7-8-16(15,3)4)9-19(5)10-14-11-20-12(2)18-14/h11,13,15,17H,6-10H2,1-5H3. The van der Waals surface area contributed by atoms with E-state index < -0.39 is 0 Å². The van der Waals surface area contributed by atoms with E-state index in [4.69, 9.17) is 0 Å². The number of hydrogen-bond donors (Lipinski definition) is 1. The van der Waals surface area contributed by atoms with Gasteiger partial charge in [0.25, 0.3) is 0 Å². The fourth-order valence-corrected chi connectivity index (χ4v) is 4.20. The highest BCUT2D eigenvalue weighted by molar-refractivity contribution is 7.09. The molecule has 0 aliphatic heterocycles. The van der Waals surface area contributed by atoms with Gasteiger partial charge in [0.05, 0.1) is 10.7 Å². The molecule has 1 N–H and O–H groups in total. The quantitative estimate of drug-likeness (QED) is 0.873. The second-order valence-corrected chi connectivity index (χ2v) is 7.94. The van der Waals surface area contributed by atoms with Crippen molar-refractivity contribution in [3.05, 3.63) is 16.1 Å². The van der Waals surface area contributed by atoms with Gasteiger partial charge in [-0.25, -0.2) is 4.98 Å². The molecule has 1 fully saturated rings. The van der Waals surface area contributed by atoms with Crippen molar-refractivity contribution in [1.29, 1.82) is 0 Å². The predicted octanol–water partition coefficient (Wildman–Crippen LogP) is 3.30. The Kier molecular flexibility index (Phi) is 5.21. The Hall–Kier alpha value is -0.450. The maximum atomic E-state index is 4.57. The monoisotopic (exact) mass is 295 g/mol. The highest BCUT2D eigenvalue weighted by Crippen LogP contribution is 2.41. The van der Waals surface area contributed by atoms with Gasteiger partial charge < -0.3 is 10.2 Å². The van der Waals surface area contributed by atoms with Gasteiger partial charge in [-0.2, -0.15) is 0 Å². The van der Waals surface area contributed by atoms with Gasteiger partial charge in [-0.1, -0.05) is 20.8 Å². The van der Waals surface area contributed by atoms with Crippen molar-refractivity contribution in [2.24, 2.45) is 11.3 Å². The molecule has 0 bridgehead atoms. The summed E-state index contributed by atoms with van der Waals surface area (Å²) in [6.07, 6.45) is 2.67. The number of thiazole rings is 1. The van der Waals surface area contributed by atoms with Crippen molar-refractivity contribution in [1.82, 2.24) is 15.2 Å². The lowest BCUT2D eigenvalue weighted by Gasteiger charge is -2.33. The number of rotatable bonds is 6. The Labute approximate surface area is 127 Å². The average molecular weight is 295 g/mol. The van der Waals surface area contributed by atoms with Crippen LogP contribution in [0.5, 0.6) is 0 Å². The molecule has 0 amide bonds. The molecule has 1 saturated carbocycles. The van der Waals surface area contributed by atoms with Crippen molar-refractivity contribution < 1.29 is 0 Å². The highest BCUT2D eigenvalue weighted by atomic mass is 32.1. The number of nitrogens with zero attached hydrogens (tertiary/aromatic N) is 2. The zero-order valence-corrected chi connectivity index (χ0v) is 14.4. The molecule has 0 aromatic carbocycles. The van der Waals surface area contributed by atoms with Gasteiger partial charge in [0.15, 0.2) is 0 Å². The summed E-state index contributed by atoms with van der Waals surface area (Å²) in [5, 5.41) is 7.07. The van der Waals surface area contributed by atoms with E-state index in [2.05, 4.69) is 55.3 Å². The van der Waals surface area contributed by atoms with Crippen LogP contribution < -0.4 is 5.32 Å². The summed E-state index contributed by atoms with van der Waals surface area (Å²) < 4.78 is 0. The zero-order valence-electron chi connectivity index (χ0n) is 13.6. The minimum absolute atomic E-state index is 0.429. The van der Waals surface area contributed by atoms with Crippen molar-refractivity contribution >= 4 is 11.3 Å². The van der Waals surface area contributed by atoms with E-state index in [1.807, 2.05) is 0 Å². The molecule has 4 heteroatoms. The molecule has 20 heavy (non-hydrogen) atoms. The van der Waals surface area contributed by atoms with Crippen LogP contribution in [0, 0.1) is 18.3 Å². The molecule has 3 nitrogen and oxygen atoms in total. The SMILES string of the molecule is CCNC1C(CN(C)Cc2csc(C)n2)CCC1(C)C. The molecule has 1 aromatic rings. The van der Waals surface area contributed by atoms with Gasteiger partial charge in [0.1, 0.15) is 0 Å². The summed E-state index contributed by atoms with van der Waals surface area (Å²) in [6.45, 7) is 12.3. The van der Waals surface area contributed by atoms with Crippen molar-refractivity contribution in [3.63, 3.8) is 0 Å². The van der Waals surface area contributed by atoms with Crippen LogP contribution in [0.3, 0.4) is 0 Å². The molecule has 0 radical (unpaired) electrons. The third-order valence-electron chi connectivity index (χ3n) is 4.54. The molecule has 1 aliphatic rings. The molecule has 2 rings (SSSR count). The van der Waals surface area contributed by atoms with Gasteiger partial charge in [-0.05, 0) is 44.7 Å². The van der Waals surface area contributed by atoms with Crippen LogP contribution in [-0.2, 0) is 6.54 Å². The summed E-state index contributed by atoms with van der Waals surface area (Å²) >= 11 is 1.75. The number of aromatic nitrogens is 1. The van der Waals surface area contributed by atoms with Crippen molar-refractivity contribution in [3.8, 4) is 0 Å². The Morgan fingerprint density at radius 1 is 1.50 bits per heavy atom. The first kappa shape index (κ1) is 15.9. The summed E-state index contributed by atoms with van der Waals surface area (Å²) in [6, 6.07) is 0.645. The lowest BCUT2D eigenvalue weighted by molar-refractivity contribution is 0.201. The van der Waals surface area contributed by atoms with Gasteiger partial charge >= 0.3 is 0 Å². The lowest BCUT2D eigenvalue weighted by atomic mass is 9.84. The molecule has 1 aromatic heterocycles. The van der Waals surface area contributed by atoms with Crippen LogP contribution in [0.4, 0.5) is 0 Å². The van der Waals surface area contributed by atoms with E-state index in [9.17, 15) is 0 Å². The maximum absolute atomic E-state index is 4.57. The highest BCUT2D eigenvalue weighted by Gasteiger charge is 2.41.